The topological polar surface area (TPSA) is 44.8 Å². The molecule has 0 aliphatic carbocycles. The maximum atomic E-state index is 12.3. The second-order valence-corrected chi connectivity index (χ2v) is 4.87. The van der Waals surface area contributed by atoms with E-state index in [2.05, 4.69) is 0 Å². The summed E-state index contributed by atoms with van der Waals surface area (Å²) in [6.45, 7) is 0. The monoisotopic (exact) mass is 284 g/mol. The summed E-state index contributed by atoms with van der Waals surface area (Å²) in [5, 5.41) is 0. The van der Waals surface area contributed by atoms with Crippen molar-refractivity contribution in [2.45, 2.75) is 12.5 Å². The SMILES string of the molecule is COc1cc2c(c(OC)c1)C(=O)O[C@H](c1ccccc1)C2. The lowest BCUT2D eigenvalue weighted by atomic mass is 9.94. The summed E-state index contributed by atoms with van der Waals surface area (Å²) in [5.74, 6) is 0.803. The van der Waals surface area contributed by atoms with Crippen molar-refractivity contribution < 1.29 is 19.0 Å². The standard InChI is InChI=1S/C17H16O4/c1-19-13-8-12-9-14(11-6-4-3-5-7-11)21-17(18)16(12)15(10-13)20-2/h3-8,10,14H,9H2,1-2H3/t14-/m0/s1. The van der Waals surface area contributed by atoms with Crippen molar-refractivity contribution in [2.75, 3.05) is 14.2 Å². The van der Waals surface area contributed by atoms with Crippen LogP contribution in [0.4, 0.5) is 0 Å². The smallest absolute Gasteiger partial charge is 0.342 e. The minimum atomic E-state index is -0.357. The average molecular weight is 284 g/mol. The van der Waals surface area contributed by atoms with Crippen LogP contribution in [0.15, 0.2) is 42.5 Å². The summed E-state index contributed by atoms with van der Waals surface area (Å²) in [7, 11) is 3.13. The number of carbonyl (C=O) groups is 1. The lowest BCUT2D eigenvalue weighted by Gasteiger charge is -2.26. The first-order valence-electron chi connectivity index (χ1n) is 6.73. The Kier molecular flexibility index (Phi) is 3.52. The molecular formula is C17H16O4. The third-order valence-corrected chi connectivity index (χ3v) is 3.64. The number of benzene rings is 2. The molecule has 2 aromatic carbocycles. The minimum Gasteiger partial charge on any atom is -0.497 e. The Morgan fingerprint density at radius 3 is 2.52 bits per heavy atom. The Bertz CT molecular complexity index is 664. The Balaban J connectivity index is 2.03. The third-order valence-electron chi connectivity index (χ3n) is 3.64. The van der Waals surface area contributed by atoms with Gasteiger partial charge in [-0.3, -0.25) is 0 Å². The van der Waals surface area contributed by atoms with E-state index in [0.717, 1.165) is 11.1 Å². The molecule has 1 heterocycles. The molecule has 1 atom stereocenters. The van der Waals surface area contributed by atoms with E-state index in [-0.39, 0.29) is 12.1 Å². The first kappa shape index (κ1) is 13.5. The Morgan fingerprint density at radius 1 is 1.10 bits per heavy atom. The molecule has 0 saturated carbocycles. The van der Waals surface area contributed by atoms with E-state index in [4.69, 9.17) is 14.2 Å². The van der Waals surface area contributed by atoms with Crippen molar-refractivity contribution in [3.05, 3.63) is 59.2 Å². The summed E-state index contributed by atoms with van der Waals surface area (Å²) in [5.41, 5.74) is 2.36. The van der Waals surface area contributed by atoms with Gasteiger partial charge >= 0.3 is 5.97 Å². The highest BCUT2D eigenvalue weighted by Crippen LogP contribution is 2.37. The van der Waals surface area contributed by atoms with Crippen LogP contribution in [0, 0.1) is 0 Å². The van der Waals surface area contributed by atoms with Crippen molar-refractivity contribution in [3.8, 4) is 11.5 Å². The van der Waals surface area contributed by atoms with E-state index < -0.39 is 0 Å². The lowest BCUT2D eigenvalue weighted by Crippen LogP contribution is -2.22. The van der Waals surface area contributed by atoms with Gasteiger partial charge < -0.3 is 14.2 Å². The van der Waals surface area contributed by atoms with Crippen molar-refractivity contribution in [2.24, 2.45) is 0 Å². The molecule has 0 saturated heterocycles. The van der Waals surface area contributed by atoms with Gasteiger partial charge in [-0.05, 0) is 17.2 Å². The fraction of sp³-hybridized carbons (Fsp3) is 0.235. The fourth-order valence-electron chi connectivity index (χ4n) is 2.60. The maximum absolute atomic E-state index is 12.3. The Labute approximate surface area is 123 Å². The van der Waals surface area contributed by atoms with Crippen LogP contribution in [-0.2, 0) is 11.2 Å². The van der Waals surface area contributed by atoms with Crippen molar-refractivity contribution >= 4 is 5.97 Å². The van der Waals surface area contributed by atoms with Crippen LogP contribution < -0.4 is 9.47 Å². The largest absolute Gasteiger partial charge is 0.497 e. The predicted molar refractivity (Wildman–Crippen MR) is 77.8 cm³/mol. The molecular weight excluding hydrogens is 268 g/mol. The number of hydrogen-bond donors (Lipinski definition) is 0. The lowest BCUT2D eigenvalue weighted by molar-refractivity contribution is 0.0248. The van der Waals surface area contributed by atoms with Gasteiger partial charge in [0.2, 0.25) is 0 Å². The molecule has 1 aliphatic rings. The summed E-state index contributed by atoms with van der Waals surface area (Å²) in [4.78, 5) is 12.3. The van der Waals surface area contributed by atoms with Crippen molar-refractivity contribution in [1.82, 2.24) is 0 Å². The molecule has 0 spiro atoms. The molecule has 0 amide bonds. The summed E-state index contributed by atoms with van der Waals surface area (Å²) < 4.78 is 16.1. The number of rotatable bonds is 3. The zero-order valence-corrected chi connectivity index (χ0v) is 12.0. The number of ether oxygens (including phenoxy) is 3. The van der Waals surface area contributed by atoms with Crippen molar-refractivity contribution in [3.63, 3.8) is 0 Å². The number of fused-ring (bicyclic) bond motifs is 1. The van der Waals surface area contributed by atoms with Crippen LogP contribution in [-0.4, -0.2) is 20.2 Å². The zero-order chi connectivity index (χ0) is 14.8. The quantitative estimate of drug-likeness (QED) is 0.812. The zero-order valence-electron chi connectivity index (χ0n) is 12.0. The maximum Gasteiger partial charge on any atom is 0.342 e. The molecule has 21 heavy (non-hydrogen) atoms. The van der Waals surface area contributed by atoms with Crippen LogP contribution in [0.1, 0.15) is 27.6 Å². The molecule has 4 nitrogen and oxygen atoms in total. The van der Waals surface area contributed by atoms with Crippen LogP contribution in [0.3, 0.4) is 0 Å². The number of hydrogen-bond acceptors (Lipinski definition) is 4. The van der Waals surface area contributed by atoms with Gasteiger partial charge in [0.05, 0.1) is 14.2 Å². The molecule has 0 unspecified atom stereocenters. The van der Waals surface area contributed by atoms with Gasteiger partial charge in [0.25, 0.3) is 0 Å². The van der Waals surface area contributed by atoms with Gasteiger partial charge in [-0.25, -0.2) is 4.79 Å². The molecule has 1 aliphatic heterocycles. The number of methoxy groups -OCH3 is 2. The van der Waals surface area contributed by atoms with Crippen LogP contribution in [0.25, 0.3) is 0 Å². The molecule has 0 bridgehead atoms. The number of esters is 1. The minimum absolute atomic E-state index is 0.275. The molecule has 0 N–H and O–H groups in total. The highest BCUT2D eigenvalue weighted by molar-refractivity contribution is 5.95. The molecule has 3 rings (SSSR count). The normalized spacial score (nSPS) is 16.9. The van der Waals surface area contributed by atoms with Crippen molar-refractivity contribution in [1.29, 1.82) is 0 Å². The fourth-order valence-corrected chi connectivity index (χ4v) is 2.60. The van der Waals surface area contributed by atoms with E-state index in [1.165, 1.54) is 7.11 Å². The highest BCUT2D eigenvalue weighted by atomic mass is 16.5. The van der Waals surface area contributed by atoms with E-state index in [9.17, 15) is 4.79 Å². The highest BCUT2D eigenvalue weighted by Gasteiger charge is 2.31. The second-order valence-electron chi connectivity index (χ2n) is 4.87. The first-order chi connectivity index (χ1) is 10.2. The van der Waals surface area contributed by atoms with Gasteiger partial charge in [-0.2, -0.15) is 0 Å². The average Bonchev–Trinajstić information content (AvgIpc) is 2.54. The predicted octanol–water partition coefficient (Wildman–Crippen LogP) is 3.16. The molecule has 0 radical (unpaired) electrons. The van der Waals surface area contributed by atoms with E-state index >= 15 is 0 Å². The summed E-state index contributed by atoms with van der Waals surface area (Å²) in [6, 6.07) is 13.3. The molecule has 108 valence electrons. The number of cyclic esters (lactones) is 1. The van der Waals surface area contributed by atoms with Crippen LogP contribution >= 0.6 is 0 Å². The molecule has 4 heteroatoms. The van der Waals surface area contributed by atoms with Gasteiger partial charge in [0, 0.05) is 12.5 Å². The van der Waals surface area contributed by atoms with Crippen LogP contribution in [0.5, 0.6) is 11.5 Å². The van der Waals surface area contributed by atoms with E-state index in [0.29, 0.717) is 23.5 Å². The molecule has 0 fully saturated rings. The Hall–Kier alpha value is -2.49. The molecule has 0 aromatic heterocycles. The van der Waals surface area contributed by atoms with Gasteiger partial charge in [0.1, 0.15) is 23.2 Å². The van der Waals surface area contributed by atoms with Gasteiger partial charge in [-0.1, -0.05) is 30.3 Å². The number of carbonyl (C=O) groups excluding carboxylic acids is 1. The van der Waals surface area contributed by atoms with E-state index in [1.54, 1.807) is 13.2 Å². The first-order valence-corrected chi connectivity index (χ1v) is 6.73. The second kappa shape index (κ2) is 5.48. The van der Waals surface area contributed by atoms with Crippen LogP contribution in [0.2, 0.25) is 0 Å². The van der Waals surface area contributed by atoms with Gasteiger partial charge in [0.15, 0.2) is 0 Å². The van der Waals surface area contributed by atoms with Gasteiger partial charge in [-0.15, -0.1) is 0 Å². The Morgan fingerprint density at radius 2 is 1.86 bits per heavy atom. The summed E-state index contributed by atoms with van der Waals surface area (Å²) in [6.07, 6.45) is 0.335. The molecule has 2 aromatic rings. The third kappa shape index (κ3) is 2.44. The summed E-state index contributed by atoms with van der Waals surface area (Å²) >= 11 is 0. The van der Waals surface area contributed by atoms with E-state index in [1.807, 2.05) is 36.4 Å².